The summed E-state index contributed by atoms with van der Waals surface area (Å²) in [7, 11) is -0.553. The van der Waals surface area contributed by atoms with Crippen molar-refractivity contribution in [1.82, 2.24) is 0 Å². The van der Waals surface area contributed by atoms with E-state index in [9.17, 15) is 0 Å². The molecule has 0 aliphatic heterocycles. The molecule has 0 heterocycles. The summed E-state index contributed by atoms with van der Waals surface area (Å²) in [6.45, 7) is 0. The van der Waals surface area contributed by atoms with Crippen molar-refractivity contribution >= 4 is 18.5 Å². The van der Waals surface area contributed by atoms with Crippen LogP contribution in [-0.4, -0.2) is 0 Å². The molecule has 1 fully saturated rings. The van der Waals surface area contributed by atoms with Gasteiger partial charge in [-0.1, -0.05) is 91.0 Å². The van der Waals surface area contributed by atoms with E-state index in [-0.39, 0.29) is 0 Å². The van der Waals surface area contributed by atoms with E-state index in [0.29, 0.717) is 0 Å². The molecule has 5 radical (unpaired) electrons. The minimum atomic E-state index is -0.553. The molecule has 1 heteroatoms. The summed E-state index contributed by atoms with van der Waals surface area (Å²) >= 11 is 0. The van der Waals surface area contributed by atoms with Gasteiger partial charge in [-0.2, -0.15) is 0 Å². The maximum absolute atomic E-state index is 2.29. The lowest BCUT2D eigenvalue weighted by Gasteiger charge is -2.29. The Morgan fingerprint density at radius 3 is 1.54 bits per heavy atom. The second-order valence-corrected chi connectivity index (χ2v) is 7.88. The van der Waals surface area contributed by atoms with Crippen molar-refractivity contribution in [1.29, 1.82) is 0 Å². The lowest BCUT2D eigenvalue weighted by molar-refractivity contribution is 1.25. The Bertz CT molecular complexity index is 712. The summed E-state index contributed by atoms with van der Waals surface area (Å²) < 4.78 is 0. The van der Waals surface area contributed by atoms with E-state index >= 15 is 0 Å². The highest BCUT2D eigenvalue weighted by molar-refractivity contribution is 7.76. The van der Waals surface area contributed by atoms with Gasteiger partial charge in [-0.15, -0.1) is 0 Å². The highest BCUT2D eigenvalue weighted by Gasteiger charge is 2.37. The molecular formula is C23H18P. The molecule has 0 amide bonds. The molecule has 0 N–H and O–H groups in total. The Balaban J connectivity index is 1.76. The molecule has 0 unspecified atom stereocenters. The Hall–Kier alpha value is -1.91. The highest BCUT2D eigenvalue weighted by Crippen LogP contribution is 2.57. The van der Waals surface area contributed by atoms with Crippen LogP contribution in [0.1, 0.15) is 5.56 Å². The van der Waals surface area contributed by atoms with Crippen molar-refractivity contribution in [3.8, 4) is 0 Å². The van der Waals surface area contributed by atoms with Crippen molar-refractivity contribution in [2.45, 2.75) is 0 Å². The molecule has 0 spiro atoms. The van der Waals surface area contributed by atoms with Gasteiger partial charge < -0.3 is 0 Å². The van der Waals surface area contributed by atoms with Gasteiger partial charge in [0.25, 0.3) is 0 Å². The van der Waals surface area contributed by atoms with Gasteiger partial charge in [0.05, 0.1) is 0 Å². The maximum Gasteiger partial charge on any atom is 0.0242 e. The van der Waals surface area contributed by atoms with E-state index in [1.807, 2.05) is 0 Å². The van der Waals surface area contributed by atoms with E-state index in [1.54, 1.807) is 0 Å². The van der Waals surface area contributed by atoms with E-state index in [2.05, 4.69) is 110 Å². The van der Waals surface area contributed by atoms with Gasteiger partial charge in [0.1, 0.15) is 0 Å². The van der Waals surface area contributed by atoms with Gasteiger partial charge in [-0.25, -0.2) is 0 Å². The number of hydrogen-bond donors (Lipinski definition) is 0. The third-order valence-corrected chi connectivity index (χ3v) is 6.65. The maximum atomic E-state index is 2.29. The number of benzene rings is 3. The van der Waals surface area contributed by atoms with Crippen molar-refractivity contribution in [2.24, 2.45) is 0 Å². The second-order valence-electron chi connectivity index (χ2n) is 5.70. The molecular weight excluding hydrogens is 307 g/mol. The van der Waals surface area contributed by atoms with Crippen LogP contribution in [0.5, 0.6) is 0 Å². The molecule has 1 saturated carbocycles. The van der Waals surface area contributed by atoms with E-state index < -0.39 is 7.92 Å². The van der Waals surface area contributed by atoms with Gasteiger partial charge in [-0.05, 0) is 43.4 Å². The normalized spacial score (nSPS) is 15.9. The Labute approximate surface area is 146 Å². The summed E-state index contributed by atoms with van der Waals surface area (Å²) in [4.78, 5) is 0. The quantitative estimate of drug-likeness (QED) is 0.599. The van der Waals surface area contributed by atoms with Crippen LogP contribution >= 0.6 is 7.92 Å². The molecule has 1 aliphatic carbocycles. The van der Waals surface area contributed by atoms with Crippen molar-refractivity contribution in [2.75, 3.05) is 0 Å². The van der Waals surface area contributed by atoms with Gasteiger partial charge >= 0.3 is 0 Å². The standard InChI is InChI=1S/C23H18P/c1-4-11-19(12-5-1)22-17-10-18-23(22)24(20-13-6-2-7-14-20)21-15-8-3-9-16-21/h1-18H. The molecule has 24 heavy (non-hydrogen) atoms. The van der Waals surface area contributed by atoms with Crippen molar-refractivity contribution in [3.05, 3.63) is 127 Å². The van der Waals surface area contributed by atoms with Crippen LogP contribution in [0.3, 0.4) is 0 Å². The first-order chi connectivity index (χ1) is 11.9. The zero-order chi connectivity index (χ0) is 16.2. The molecule has 0 atom stereocenters. The van der Waals surface area contributed by atoms with E-state index in [4.69, 9.17) is 0 Å². The molecule has 0 aromatic heterocycles. The second kappa shape index (κ2) is 7.32. The van der Waals surface area contributed by atoms with Crippen LogP contribution in [0.4, 0.5) is 0 Å². The smallest absolute Gasteiger partial charge is 0.0242 e. The number of hydrogen-bond acceptors (Lipinski definition) is 0. The fourth-order valence-electron chi connectivity index (χ4n) is 3.05. The molecule has 3 aromatic carbocycles. The molecule has 0 saturated heterocycles. The fraction of sp³-hybridized carbons (Fsp3) is 0. The van der Waals surface area contributed by atoms with Crippen LogP contribution < -0.4 is 10.6 Å². The summed E-state index contributed by atoms with van der Waals surface area (Å²) in [5.41, 5.74) is 2.71. The van der Waals surface area contributed by atoms with Crippen molar-refractivity contribution in [3.63, 3.8) is 0 Å². The molecule has 115 valence electrons. The van der Waals surface area contributed by atoms with Crippen LogP contribution in [0, 0.1) is 30.8 Å². The van der Waals surface area contributed by atoms with Crippen LogP contribution in [0.15, 0.2) is 91.0 Å². The summed E-state index contributed by atoms with van der Waals surface area (Å²) in [5, 5.41) is 2.78. The monoisotopic (exact) mass is 325 g/mol. The largest absolute Gasteiger partial charge is 0.0622 e. The number of rotatable bonds is 4. The minimum absolute atomic E-state index is 0.553. The zero-order valence-corrected chi connectivity index (χ0v) is 14.2. The first-order valence-electron chi connectivity index (χ1n) is 8.15. The lowest BCUT2D eigenvalue weighted by atomic mass is 9.98. The molecule has 3 aromatic rings. The van der Waals surface area contributed by atoms with Gasteiger partial charge in [0.2, 0.25) is 0 Å². The first kappa shape index (κ1) is 15.6. The van der Waals surface area contributed by atoms with E-state index in [0.717, 1.165) is 0 Å². The van der Waals surface area contributed by atoms with Crippen LogP contribution in [0.25, 0.3) is 0 Å². The van der Waals surface area contributed by atoms with Gasteiger partial charge in [0.15, 0.2) is 0 Å². The Kier molecular flexibility index (Phi) is 4.76. The molecule has 4 rings (SSSR count). The zero-order valence-electron chi connectivity index (χ0n) is 13.3. The predicted molar refractivity (Wildman–Crippen MR) is 104 cm³/mol. The average Bonchev–Trinajstić information content (AvgIpc) is 3.14. The molecule has 0 bridgehead atoms. The van der Waals surface area contributed by atoms with Crippen molar-refractivity contribution < 1.29 is 0 Å². The average molecular weight is 325 g/mol. The third-order valence-electron chi connectivity index (χ3n) is 4.15. The molecule has 1 aliphatic rings. The first-order valence-corrected chi connectivity index (χ1v) is 9.49. The highest BCUT2D eigenvalue weighted by atomic mass is 31.1. The summed E-state index contributed by atoms with van der Waals surface area (Å²) in [6, 6.07) is 32.4. The minimum Gasteiger partial charge on any atom is -0.0622 e. The summed E-state index contributed by atoms with van der Waals surface area (Å²) in [5.74, 6) is 1.34. The summed E-state index contributed by atoms with van der Waals surface area (Å²) in [6.07, 6.45) is 6.71. The SMILES string of the molecule is [CH]1[CH][C](c2ccccc2)[C](P(c2ccccc2)c2ccccc2)[CH]1. The molecule has 0 nitrogen and oxygen atoms in total. The third kappa shape index (κ3) is 3.17. The van der Waals surface area contributed by atoms with Gasteiger partial charge in [0, 0.05) is 11.6 Å². The van der Waals surface area contributed by atoms with Crippen LogP contribution in [0.2, 0.25) is 0 Å². The predicted octanol–water partition coefficient (Wildman–Crippen LogP) is 4.90. The topological polar surface area (TPSA) is 0 Å². The van der Waals surface area contributed by atoms with E-state index in [1.165, 1.54) is 27.7 Å². The Morgan fingerprint density at radius 2 is 1.00 bits per heavy atom. The lowest BCUT2D eigenvalue weighted by Crippen LogP contribution is -2.19. The fourth-order valence-corrected chi connectivity index (χ4v) is 5.52. The van der Waals surface area contributed by atoms with Crippen LogP contribution in [-0.2, 0) is 0 Å². The Morgan fingerprint density at radius 1 is 0.500 bits per heavy atom. The van der Waals surface area contributed by atoms with Gasteiger partial charge in [-0.3, -0.25) is 0 Å².